The van der Waals surface area contributed by atoms with Crippen molar-refractivity contribution in [3.05, 3.63) is 11.6 Å². The maximum atomic E-state index is 14.8. The van der Waals surface area contributed by atoms with Crippen LogP contribution in [0.25, 0.3) is 0 Å². The highest BCUT2D eigenvalue weighted by Crippen LogP contribution is 2.75. The van der Waals surface area contributed by atoms with Crippen LogP contribution in [0, 0.1) is 50.2 Å². The maximum absolute atomic E-state index is 14.8. The predicted molar refractivity (Wildman–Crippen MR) is 199 cm³/mol. The van der Waals surface area contributed by atoms with Crippen molar-refractivity contribution in [3.8, 4) is 0 Å². The van der Waals surface area contributed by atoms with Gasteiger partial charge in [-0.25, -0.2) is 9.59 Å². The third kappa shape index (κ3) is 6.25. The Balaban J connectivity index is 1.17. The summed E-state index contributed by atoms with van der Waals surface area (Å²) in [5, 5.41) is 83.0. The molecule has 2 saturated heterocycles. The highest BCUT2D eigenvalue weighted by Gasteiger charge is 2.71. The van der Waals surface area contributed by atoms with E-state index in [9.17, 15) is 60.0 Å². The number of hydrogen-bond acceptors (Lipinski definition) is 13. The molecule has 16 nitrogen and oxygen atoms in total. The van der Waals surface area contributed by atoms with Crippen molar-refractivity contribution in [1.82, 2.24) is 0 Å². The average molecular weight is 823 g/mol. The summed E-state index contributed by atoms with van der Waals surface area (Å²) >= 11 is 0. The molecule has 8 N–H and O–H groups in total. The van der Waals surface area contributed by atoms with Crippen molar-refractivity contribution in [2.75, 3.05) is 0 Å². The molecule has 0 spiro atoms. The summed E-state index contributed by atoms with van der Waals surface area (Å²) in [5.41, 5.74) is -1.81. The number of allylic oxidation sites excluding steroid dienone is 2. The van der Waals surface area contributed by atoms with E-state index in [0.717, 1.165) is 37.7 Å². The summed E-state index contributed by atoms with van der Waals surface area (Å²) < 4.78 is 23.4. The normalized spacial score (nSPS) is 52.6. The van der Waals surface area contributed by atoms with E-state index in [2.05, 4.69) is 27.7 Å². The molecule has 2 heterocycles. The fourth-order valence-electron chi connectivity index (χ4n) is 13.4. The molecule has 326 valence electrons. The molecule has 58 heavy (non-hydrogen) atoms. The predicted octanol–water partition coefficient (Wildman–Crippen LogP) is 2.25. The molecule has 0 aromatic heterocycles. The number of carboxylic acids is 3. The zero-order chi connectivity index (χ0) is 42.9. The standard InChI is InChI=1S/C42H62O16/c1-37(2)21-8-11-42(7)31(20(43)16-18-19-17-39(4,36(53)54)13-12-38(19,3)14-15-41(18,42)6)40(21,5)10-9-22(37)55-35-30(26(47)25(46)29(57-35)33(51)52)58-34-27(48)23(44)24(45)28(56-34)32(49)50/h16,19,21-31,34-35,44-48H,8-15,17H2,1-7H3,(H,49,50)(H,51,52)(H,53,54)/t19-,21-,22-,23+,24-,25-,26-,27-,28-,29-,30+,31+,34-,35+,38+,39+,40-,41+,42+/m0/s1. The van der Waals surface area contributed by atoms with Crippen LogP contribution in [0.3, 0.4) is 0 Å². The summed E-state index contributed by atoms with van der Waals surface area (Å²) in [6.45, 7) is 14.8. The summed E-state index contributed by atoms with van der Waals surface area (Å²) in [5.74, 6) is -4.47. The molecule has 0 radical (unpaired) electrons. The van der Waals surface area contributed by atoms with Gasteiger partial charge in [-0.1, -0.05) is 47.1 Å². The lowest BCUT2D eigenvalue weighted by molar-refractivity contribution is -0.371. The number of ketones is 1. The number of carbonyl (C=O) groups excluding carboxylic acids is 1. The third-order valence-corrected chi connectivity index (χ3v) is 17.2. The minimum absolute atomic E-state index is 0.0217. The molecule has 0 bridgehead atoms. The first-order valence-electron chi connectivity index (χ1n) is 20.7. The van der Waals surface area contributed by atoms with Crippen molar-refractivity contribution in [3.63, 3.8) is 0 Å². The van der Waals surface area contributed by atoms with Gasteiger partial charge >= 0.3 is 17.9 Å². The summed E-state index contributed by atoms with van der Waals surface area (Å²) in [6.07, 6.45) is -12.2. The quantitative estimate of drug-likeness (QED) is 0.171. The fraction of sp³-hybridized carbons (Fsp3) is 0.857. The number of fused-ring (bicyclic) bond motifs is 7. The molecule has 2 aliphatic heterocycles. The first kappa shape index (κ1) is 43.5. The SMILES string of the molecule is CC1(C)[C@@H](O[C@@H]2O[C@H](C(=O)O)[C@@H](O)[C@H](O)[C@H]2O[C@@H]2O[C@H](C(=O)O)[C@@H](O)[C@@H](O)[C@@H]2O)CC[C@]2(C)[C@H]3C(=O)C=C4[C@@H]5C[C@](C)(C(=O)O)CC[C@]5(C)CC[C@@]4(C)[C@]3(C)CC[C@@H]12. The Hall–Kier alpha value is -2.54. The first-order valence-corrected chi connectivity index (χ1v) is 20.7. The van der Waals surface area contributed by atoms with Crippen molar-refractivity contribution >= 4 is 23.7 Å². The molecule has 6 fully saturated rings. The van der Waals surface area contributed by atoms with Crippen LogP contribution in [-0.2, 0) is 38.1 Å². The Morgan fingerprint density at radius 1 is 0.690 bits per heavy atom. The van der Waals surface area contributed by atoms with Gasteiger partial charge in [-0.15, -0.1) is 0 Å². The zero-order valence-corrected chi connectivity index (χ0v) is 34.4. The number of ether oxygens (including phenoxy) is 4. The largest absolute Gasteiger partial charge is 0.481 e. The van der Waals surface area contributed by atoms with Crippen LogP contribution in [0.1, 0.15) is 106 Å². The van der Waals surface area contributed by atoms with Gasteiger partial charge in [0.25, 0.3) is 0 Å². The van der Waals surface area contributed by atoms with Crippen LogP contribution in [0.4, 0.5) is 0 Å². The molecule has 0 amide bonds. The Morgan fingerprint density at radius 2 is 1.28 bits per heavy atom. The fourth-order valence-corrected chi connectivity index (χ4v) is 13.4. The second-order valence-corrected chi connectivity index (χ2v) is 20.6. The Morgan fingerprint density at radius 3 is 1.88 bits per heavy atom. The lowest BCUT2D eigenvalue weighted by Gasteiger charge is -2.70. The van der Waals surface area contributed by atoms with Gasteiger partial charge in [-0.05, 0) is 110 Å². The van der Waals surface area contributed by atoms with Crippen LogP contribution in [0.2, 0.25) is 0 Å². The Kier molecular flexibility index (Phi) is 10.7. The molecule has 0 aromatic carbocycles. The van der Waals surface area contributed by atoms with E-state index in [1.807, 2.05) is 26.8 Å². The molecule has 7 aliphatic rings. The summed E-state index contributed by atoms with van der Waals surface area (Å²) in [7, 11) is 0. The van der Waals surface area contributed by atoms with Gasteiger partial charge in [-0.2, -0.15) is 0 Å². The highest BCUT2D eigenvalue weighted by atomic mass is 16.8. The highest BCUT2D eigenvalue weighted by molar-refractivity contribution is 5.95. The summed E-state index contributed by atoms with van der Waals surface area (Å²) in [6, 6.07) is 0. The van der Waals surface area contributed by atoms with Crippen LogP contribution < -0.4 is 0 Å². The van der Waals surface area contributed by atoms with Crippen molar-refractivity contribution in [2.24, 2.45) is 50.2 Å². The van der Waals surface area contributed by atoms with Gasteiger partial charge in [0.05, 0.1) is 11.5 Å². The molecule has 4 saturated carbocycles. The van der Waals surface area contributed by atoms with E-state index in [0.29, 0.717) is 25.7 Å². The lowest BCUT2D eigenvalue weighted by atomic mass is 9.33. The topological polar surface area (TPSA) is 267 Å². The van der Waals surface area contributed by atoms with Gasteiger partial charge in [0.15, 0.2) is 30.6 Å². The Labute approximate surface area is 337 Å². The monoisotopic (exact) mass is 822 g/mol. The number of aliphatic hydroxyl groups is 5. The number of aliphatic carboxylic acids is 3. The summed E-state index contributed by atoms with van der Waals surface area (Å²) in [4.78, 5) is 51.3. The molecule has 0 unspecified atom stereocenters. The smallest absolute Gasteiger partial charge is 0.335 e. The first-order chi connectivity index (χ1) is 26.8. The number of carbonyl (C=O) groups is 4. The average Bonchev–Trinajstić information content (AvgIpc) is 3.13. The molecule has 16 heteroatoms. The molecular formula is C42H62O16. The number of rotatable bonds is 7. The van der Waals surface area contributed by atoms with Gasteiger partial charge in [0, 0.05) is 5.92 Å². The van der Waals surface area contributed by atoms with E-state index in [1.165, 1.54) is 0 Å². The van der Waals surface area contributed by atoms with E-state index in [1.54, 1.807) is 0 Å². The van der Waals surface area contributed by atoms with Crippen LogP contribution >= 0.6 is 0 Å². The number of hydrogen-bond donors (Lipinski definition) is 8. The van der Waals surface area contributed by atoms with Crippen LogP contribution in [0.5, 0.6) is 0 Å². The molecule has 7 rings (SSSR count). The van der Waals surface area contributed by atoms with Gasteiger partial charge < -0.3 is 59.8 Å². The van der Waals surface area contributed by atoms with E-state index < -0.39 is 107 Å². The molecule has 0 aromatic rings. The van der Waals surface area contributed by atoms with Gasteiger partial charge in [0.1, 0.15) is 36.6 Å². The van der Waals surface area contributed by atoms with E-state index in [4.69, 9.17) is 18.9 Å². The van der Waals surface area contributed by atoms with Crippen LogP contribution in [0.15, 0.2) is 11.6 Å². The lowest BCUT2D eigenvalue weighted by Crippen LogP contribution is -2.68. The second kappa shape index (κ2) is 14.3. The van der Waals surface area contributed by atoms with E-state index >= 15 is 0 Å². The maximum Gasteiger partial charge on any atom is 0.335 e. The number of carboxylic acid groups (broad SMARTS) is 3. The Bertz CT molecular complexity index is 1730. The van der Waals surface area contributed by atoms with Crippen molar-refractivity contribution in [2.45, 2.75) is 174 Å². The van der Waals surface area contributed by atoms with Crippen molar-refractivity contribution in [1.29, 1.82) is 0 Å². The van der Waals surface area contributed by atoms with Crippen LogP contribution in [-0.4, -0.2) is 132 Å². The minimum Gasteiger partial charge on any atom is -0.481 e. The second-order valence-electron chi connectivity index (χ2n) is 20.6. The molecule has 5 aliphatic carbocycles. The zero-order valence-electron chi connectivity index (χ0n) is 34.4. The number of aliphatic hydroxyl groups excluding tert-OH is 5. The van der Waals surface area contributed by atoms with E-state index in [-0.39, 0.29) is 34.4 Å². The van der Waals surface area contributed by atoms with Gasteiger partial charge in [0.2, 0.25) is 0 Å². The minimum atomic E-state index is -2.05. The van der Waals surface area contributed by atoms with Gasteiger partial charge in [-0.3, -0.25) is 9.59 Å². The molecule has 19 atom stereocenters. The third-order valence-electron chi connectivity index (χ3n) is 17.2. The van der Waals surface area contributed by atoms with Crippen molar-refractivity contribution < 1.29 is 79.0 Å². The molecular weight excluding hydrogens is 760 g/mol.